The molecule has 7 heteroatoms. The van der Waals surface area contributed by atoms with Crippen LogP contribution in [0.4, 0.5) is 13.2 Å². The molecule has 0 radical (unpaired) electrons. The van der Waals surface area contributed by atoms with Crippen molar-refractivity contribution in [2.45, 2.75) is 58.3 Å². The van der Waals surface area contributed by atoms with Gasteiger partial charge in [-0.3, -0.25) is 14.8 Å². The van der Waals surface area contributed by atoms with Crippen molar-refractivity contribution in [2.24, 2.45) is 5.41 Å². The smallest absolute Gasteiger partial charge is 0.273 e. The number of halogens is 3. The second kappa shape index (κ2) is 5.78. The van der Waals surface area contributed by atoms with Gasteiger partial charge in [0.05, 0.1) is 29.8 Å². The van der Waals surface area contributed by atoms with Gasteiger partial charge in [0.1, 0.15) is 0 Å². The van der Waals surface area contributed by atoms with E-state index in [9.17, 15) is 18.0 Å². The molecule has 1 aliphatic carbocycles. The minimum Gasteiger partial charge on any atom is -0.273 e. The first kappa shape index (κ1) is 16.2. The van der Waals surface area contributed by atoms with Gasteiger partial charge in [0.25, 0.3) is 0 Å². The number of hydrazine groups is 1. The number of fused-ring (bicyclic) bond motifs is 1. The summed E-state index contributed by atoms with van der Waals surface area (Å²) < 4.78 is 38.5. The van der Waals surface area contributed by atoms with Gasteiger partial charge in [-0.2, -0.15) is 13.2 Å². The molecule has 2 heterocycles. The molecule has 1 saturated carbocycles. The van der Waals surface area contributed by atoms with Crippen molar-refractivity contribution in [3.05, 3.63) is 29.1 Å². The van der Waals surface area contributed by atoms with E-state index in [1.54, 1.807) is 0 Å². The maximum atomic E-state index is 12.9. The van der Waals surface area contributed by atoms with Crippen molar-refractivity contribution in [3.8, 4) is 0 Å². The van der Waals surface area contributed by atoms with Crippen LogP contribution in [0.5, 0.6) is 0 Å². The van der Waals surface area contributed by atoms with Crippen molar-refractivity contribution in [2.75, 3.05) is 0 Å². The third-order valence-electron chi connectivity index (χ3n) is 5.09. The number of aromatic nitrogens is 1. The lowest BCUT2D eigenvalue weighted by Crippen LogP contribution is -2.51. The van der Waals surface area contributed by atoms with Gasteiger partial charge >= 0.3 is 6.18 Å². The number of rotatable bonds is 2. The average molecular weight is 327 g/mol. The van der Waals surface area contributed by atoms with Crippen LogP contribution in [-0.4, -0.2) is 15.9 Å². The van der Waals surface area contributed by atoms with E-state index in [0.717, 1.165) is 44.4 Å². The van der Waals surface area contributed by atoms with E-state index in [4.69, 9.17) is 0 Å². The monoisotopic (exact) mass is 327 g/mol. The van der Waals surface area contributed by atoms with Gasteiger partial charge in [-0.15, -0.1) is 0 Å². The highest BCUT2D eigenvalue weighted by Gasteiger charge is 2.43. The van der Waals surface area contributed by atoms with Crippen molar-refractivity contribution in [1.82, 2.24) is 15.4 Å². The topological polar surface area (TPSA) is 45.2 Å². The maximum Gasteiger partial charge on any atom is 0.417 e. The number of hydrogen-bond acceptors (Lipinski definition) is 3. The number of pyridine rings is 1. The molecule has 0 aromatic carbocycles. The summed E-state index contributed by atoms with van der Waals surface area (Å²) in [5.41, 5.74) is 2.92. The number of alkyl halides is 3. The first-order chi connectivity index (χ1) is 10.9. The predicted octanol–water partition coefficient (Wildman–Crippen LogP) is 3.42. The van der Waals surface area contributed by atoms with E-state index in [0.29, 0.717) is 11.3 Å². The number of nitrogens with one attached hydrogen (secondary N) is 1. The zero-order chi connectivity index (χ0) is 16.7. The summed E-state index contributed by atoms with van der Waals surface area (Å²) in [5, 5.41) is 1.49. The molecule has 0 spiro atoms. The molecule has 0 atom stereocenters. The summed E-state index contributed by atoms with van der Waals surface area (Å²) in [6.45, 7) is 2.41. The molecule has 1 aromatic rings. The molecule has 1 aromatic heterocycles. The van der Waals surface area contributed by atoms with Crippen LogP contribution in [0.3, 0.4) is 0 Å². The van der Waals surface area contributed by atoms with Crippen LogP contribution in [0.25, 0.3) is 0 Å². The normalized spacial score (nSPS) is 20.4. The van der Waals surface area contributed by atoms with E-state index in [1.165, 1.54) is 5.01 Å². The third kappa shape index (κ3) is 2.94. The predicted molar refractivity (Wildman–Crippen MR) is 77.8 cm³/mol. The fourth-order valence-electron chi connectivity index (χ4n) is 3.59. The molecule has 2 aliphatic rings. The van der Waals surface area contributed by atoms with Gasteiger partial charge in [-0.1, -0.05) is 19.8 Å². The SMILES string of the molecule is CCC1(C(=O)N2Cc3cc(C(F)(F)F)cnc3CN2)CCCC1. The standard InChI is InChI=1S/C16H20F3N3O/c1-2-15(5-3-4-6-15)14(23)22-10-11-7-12(16(17,18)19)8-20-13(11)9-21-22/h7-8,21H,2-6,9-10H2,1H3. The number of carbonyl (C=O) groups is 1. The number of carbonyl (C=O) groups excluding carboxylic acids is 1. The van der Waals surface area contributed by atoms with Crippen LogP contribution in [0.2, 0.25) is 0 Å². The minimum absolute atomic E-state index is 0.000520. The van der Waals surface area contributed by atoms with E-state index >= 15 is 0 Å². The Kier molecular flexibility index (Phi) is 4.08. The van der Waals surface area contributed by atoms with Crippen molar-refractivity contribution < 1.29 is 18.0 Å². The molecule has 23 heavy (non-hydrogen) atoms. The quantitative estimate of drug-likeness (QED) is 0.905. The Balaban J connectivity index is 1.83. The lowest BCUT2D eigenvalue weighted by molar-refractivity contribution is -0.147. The lowest BCUT2D eigenvalue weighted by Gasteiger charge is -2.36. The Labute approximate surface area is 133 Å². The Morgan fingerprint density at radius 3 is 2.70 bits per heavy atom. The van der Waals surface area contributed by atoms with Crippen molar-refractivity contribution >= 4 is 5.91 Å². The highest BCUT2D eigenvalue weighted by Crippen LogP contribution is 2.43. The summed E-state index contributed by atoms with van der Waals surface area (Å²) in [5.74, 6) is 0.000520. The molecule has 0 unspecified atom stereocenters. The van der Waals surface area contributed by atoms with E-state index in [1.807, 2.05) is 6.92 Å². The zero-order valence-corrected chi connectivity index (χ0v) is 13.0. The first-order valence-electron chi connectivity index (χ1n) is 7.96. The lowest BCUT2D eigenvalue weighted by atomic mass is 9.82. The number of nitrogens with zero attached hydrogens (tertiary/aromatic N) is 2. The van der Waals surface area contributed by atoms with Crippen LogP contribution in [0.1, 0.15) is 55.8 Å². The van der Waals surface area contributed by atoms with E-state index < -0.39 is 11.7 Å². The fraction of sp³-hybridized carbons (Fsp3) is 0.625. The number of amides is 1. The van der Waals surface area contributed by atoms with Gasteiger partial charge < -0.3 is 0 Å². The Morgan fingerprint density at radius 2 is 2.09 bits per heavy atom. The molecular formula is C16H20F3N3O. The summed E-state index contributed by atoms with van der Waals surface area (Å²) in [4.78, 5) is 16.8. The molecule has 3 rings (SSSR count). The third-order valence-corrected chi connectivity index (χ3v) is 5.09. The molecule has 1 aliphatic heterocycles. The molecule has 126 valence electrons. The molecule has 0 bridgehead atoms. The van der Waals surface area contributed by atoms with Crippen LogP contribution >= 0.6 is 0 Å². The minimum atomic E-state index is -4.42. The van der Waals surface area contributed by atoms with Crippen molar-refractivity contribution in [3.63, 3.8) is 0 Å². The molecule has 4 nitrogen and oxygen atoms in total. The van der Waals surface area contributed by atoms with Gasteiger partial charge in [-0.25, -0.2) is 5.43 Å². The van der Waals surface area contributed by atoms with Gasteiger partial charge in [0, 0.05) is 6.20 Å². The zero-order valence-electron chi connectivity index (χ0n) is 13.0. The Morgan fingerprint density at radius 1 is 1.39 bits per heavy atom. The van der Waals surface area contributed by atoms with E-state index in [2.05, 4.69) is 10.4 Å². The van der Waals surface area contributed by atoms with Crippen molar-refractivity contribution in [1.29, 1.82) is 0 Å². The highest BCUT2D eigenvalue weighted by molar-refractivity contribution is 5.82. The summed E-state index contributed by atoms with van der Waals surface area (Å²) in [6, 6.07) is 1.11. The van der Waals surface area contributed by atoms with Gasteiger partial charge in [0.2, 0.25) is 5.91 Å². The largest absolute Gasteiger partial charge is 0.417 e. The van der Waals surface area contributed by atoms with Crippen LogP contribution < -0.4 is 5.43 Å². The summed E-state index contributed by atoms with van der Waals surface area (Å²) in [6.07, 6.45) is 0.966. The summed E-state index contributed by atoms with van der Waals surface area (Å²) in [7, 11) is 0. The summed E-state index contributed by atoms with van der Waals surface area (Å²) >= 11 is 0. The number of hydrogen-bond donors (Lipinski definition) is 1. The second-order valence-corrected chi connectivity index (χ2v) is 6.39. The van der Waals surface area contributed by atoms with Crippen LogP contribution in [-0.2, 0) is 24.1 Å². The fourth-order valence-corrected chi connectivity index (χ4v) is 3.59. The first-order valence-corrected chi connectivity index (χ1v) is 7.96. The van der Waals surface area contributed by atoms with Crippen LogP contribution in [0.15, 0.2) is 12.3 Å². The van der Waals surface area contributed by atoms with Crippen LogP contribution in [0, 0.1) is 5.41 Å². The molecular weight excluding hydrogens is 307 g/mol. The van der Waals surface area contributed by atoms with E-state index in [-0.39, 0.29) is 24.4 Å². The Bertz CT molecular complexity index is 609. The molecule has 1 N–H and O–H groups in total. The molecule has 1 amide bonds. The molecule has 0 saturated heterocycles. The van der Waals surface area contributed by atoms with Gasteiger partial charge in [-0.05, 0) is 30.9 Å². The Hall–Kier alpha value is -1.63. The van der Waals surface area contributed by atoms with Gasteiger partial charge in [0.15, 0.2) is 0 Å². The maximum absolute atomic E-state index is 12.9. The molecule has 1 fully saturated rings. The highest BCUT2D eigenvalue weighted by atomic mass is 19.4. The average Bonchev–Trinajstić information content (AvgIpc) is 3.02. The second-order valence-electron chi connectivity index (χ2n) is 6.39.